The molecule has 0 saturated heterocycles. The van der Waals surface area contributed by atoms with Gasteiger partial charge >= 0.3 is 0 Å². The smallest absolute Gasteiger partial charge is 0.0939 e. The maximum Gasteiger partial charge on any atom is 0.0939 e. The van der Waals surface area contributed by atoms with Crippen LogP contribution in [0.25, 0.3) is 0 Å². The van der Waals surface area contributed by atoms with Crippen LogP contribution in [0.5, 0.6) is 0 Å². The maximum atomic E-state index is 10.1. The second-order valence-electron chi connectivity index (χ2n) is 6.23. The first-order chi connectivity index (χ1) is 8.75. The van der Waals surface area contributed by atoms with Gasteiger partial charge in [-0.25, -0.2) is 0 Å². The lowest BCUT2D eigenvalue weighted by Crippen LogP contribution is -2.16. The average molecular weight is 252 g/mol. The highest BCUT2D eigenvalue weighted by molar-refractivity contribution is 5.02. The molecule has 2 saturated carbocycles. The second kappa shape index (κ2) is 7.18. The average Bonchev–Trinajstić information content (AvgIpc) is 2.40. The Bertz CT molecular complexity index is 260. The molecule has 0 spiro atoms. The van der Waals surface area contributed by atoms with Gasteiger partial charge in [0.1, 0.15) is 0 Å². The van der Waals surface area contributed by atoms with Crippen molar-refractivity contribution in [3.05, 3.63) is 11.8 Å². The number of allylic oxidation sites excluding steroid dienone is 1. The monoisotopic (exact) mass is 252 g/mol. The van der Waals surface area contributed by atoms with Crippen molar-refractivity contribution in [3.8, 4) is 0 Å². The van der Waals surface area contributed by atoms with E-state index in [1.165, 1.54) is 51.4 Å². The molecule has 104 valence electrons. The Morgan fingerprint density at radius 1 is 0.944 bits per heavy atom. The second-order valence-corrected chi connectivity index (χ2v) is 6.23. The molecule has 2 aliphatic carbocycles. The molecular weight excluding hydrogens is 224 g/mol. The Hall–Kier alpha value is -0.500. The summed E-state index contributed by atoms with van der Waals surface area (Å²) in [5.74, 6) is 1.45. The Balaban J connectivity index is 1.78. The standard InChI is InChI=1S/C16H28O2/c17-15(11-13-7-3-1-4-8-13)12-16(18)14-9-5-2-6-10-14/h12-15,17-18H,1-11H2. The van der Waals surface area contributed by atoms with E-state index in [1.54, 1.807) is 6.08 Å². The van der Waals surface area contributed by atoms with Crippen molar-refractivity contribution in [2.75, 3.05) is 0 Å². The molecule has 0 aliphatic heterocycles. The van der Waals surface area contributed by atoms with Gasteiger partial charge in [-0.2, -0.15) is 0 Å². The van der Waals surface area contributed by atoms with Gasteiger partial charge in [-0.1, -0.05) is 51.4 Å². The molecule has 1 unspecified atom stereocenters. The fraction of sp³-hybridized carbons (Fsp3) is 0.875. The first kappa shape index (κ1) is 13.9. The molecule has 2 heteroatoms. The van der Waals surface area contributed by atoms with Gasteiger partial charge in [-0.15, -0.1) is 0 Å². The Labute approximate surface area is 111 Å². The predicted octanol–water partition coefficient (Wildman–Crippen LogP) is 4.34. The van der Waals surface area contributed by atoms with E-state index in [0.29, 0.717) is 17.6 Å². The Kier molecular flexibility index (Phi) is 5.55. The first-order valence-electron chi connectivity index (χ1n) is 7.84. The van der Waals surface area contributed by atoms with Crippen molar-refractivity contribution in [1.82, 2.24) is 0 Å². The minimum atomic E-state index is -0.435. The van der Waals surface area contributed by atoms with Gasteiger partial charge in [0.05, 0.1) is 11.9 Å². The normalized spacial score (nSPS) is 26.2. The summed E-state index contributed by atoms with van der Waals surface area (Å²) in [6.45, 7) is 0. The molecule has 2 rings (SSSR count). The maximum absolute atomic E-state index is 10.1. The van der Waals surface area contributed by atoms with Gasteiger partial charge < -0.3 is 10.2 Å². The summed E-state index contributed by atoms with van der Waals surface area (Å²) in [6.07, 6.45) is 14.6. The quantitative estimate of drug-likeness (QED) is 0.731. The fourth-order valence-corrected chi connectivity index (χ4v) is 3.56. The molecule has 18 heavy (non-hydrogen) atoms. The van der Waals surface area contributed by atoms with Crippen molar-refractivity contribution in [2.24, 2.45) is 11.8 Å². The highest BCUT2D eigenvalue weighted by atomic mass is 16.3. The van der Waals surface area contributed by atoms with Crippen LogP contribution in [-0.2, 0) is 0 Å². The molecule has 0 heterocycles. The van der Waals surface area contributed by atoms with E-state index in [2.05, 4.69) is 0 Å². The van der Waals surface area contributed by atoms with E-state index in [4.69, 9.17) is 0 Å². The first-order valence-corrected chi connectivity index (χ1v) is 7.84. The van der Waals surface area contributed by atoms with Crippen LogP contribution >= 0.6 is 0 Å². The molecule has 2 aliphatic rings. The van der Waals surface area contributed by atoms with Crippen molar-refractivity contribution < 1.29 is 10.2 Å². The number of aliphatic hydroxyl groups is 2. The number of aliphatic hydroxyl groups excluding tert-OH is 2. The molecule has 1 atom stereocenters. The zero-order valence-electron chi connectivity index (χ0n) is 11.5. The summed E-state index contributed by atoms with van der Waals surface area (Å²) in [4.78, 5) is 0. The third kappa shape index (κ3) is 4.31. The number of hydrogen-bond donors (Lipinski definition) is 2. The van der Waals surface area contributed by atoms with Crippen molar-refractivity contribution in [2.45, 2.75) is 76.7 Å². The van der Waals surface area contributed by atoms with Crippen LogP contribution < -0.4 is 0 Å². The Morgan fingerprint density at radius 2 is 1.50 bits per heavy atom. The van der Waals surface area contributed by atoms with Gasteiger partial charge in [-0.05, 0) is 31.3 Å². The zero-order chi connectivity index (χ0) is 12.8. The predicted molar refractivity (Wildman–Crippen MR) is 74.5 cm³/mol. The van der Waals surface area contributed by atoms with Gasteiger partial charge in [0.25, 0.3) is 0 Å². The molecule has 2 N–H and O–H groups in total. The molecular formula is C16H28O2. The van der Waals surface area contributed by atoms with Crippen molar-refractivity contribution in [3.63, 3.8) is 0 Å². The molecule has 0 aromatic heterocycles. The SMILES string of the molecule is OC(=CC(O)CC1CCCCC1)C1CCCCC1. The van der Waals surface area contributed by atoms with E-state index >= 15 is 0 Å². The number of rotatable bonds is 4. The third-order valence-electron chi connectivity index (χ3n) is 4.69. The molecule has 0 amide bonds. The lowest BCUT2D eigenvalue weighted by molar-refractivity contribution is 0.161. The summed E-state index contributed by atoms with van der Waals surface area (Å²) < 4.78 is 0. The van der Waals surface area contributed by atoms with Crippen LogP contribution in [0.4, 0.5) is 0 Å². The molecule has 0 radical (unpaired) electrons. The lowest BCUT2D eigenvalue weighted by atomic mass is 9.84. The third-order valence-corrected chi connectivity index (χ3v) is 4.69. The summed E-state index contributed by atoms with van der Waals surface area (Å²) in [5.41, 5.74) is 0. The van der Waals surface area contributed by atoms with Gasteiger partial charge in [0.15, 0.2) is 0 Å². The largest absolute Gasteiger partial charge is 0.512 e. The summed E-state index contributed by atoms with van der Waals surface area (Å²) >= 11 is 0. The molecule has 0 aromatic rings. The highest BCUT2D eigenvalue weighted by Crippen LogP contribution is 2.30. The summed E-state index contributed by atoms with van der Waals surface area (Å²) in [6, 6.07) is 0. The zero-order valence-corrected chi connectivity index (χ0v) is 11.5. The van der Waals surface area contributed by atoms with Crippen LogP contribution in [0.1, 0.15) is 70.6 Å². The fourth-order valence-electron chi connectivity index (χ4n) is 3.56. The number of hydrogen-bond acceptors (Lipinski definition) is 2. The molecule has 0 bridgehead atoms. The minimum absolute atomic E-state index is 0.319. The molecule has 2 fully saturated rings. The van der Waals surface area contributed by atoms with Crippen LogP contribution in [0.15, 0.2) is 11.8 Å². The van der Waals surface area contributed by atoms with Gasteiger partial charge in [-0.3, -0.25) is 0 Å². The van der Waals surface area contributed by atoms with E-state index in [0.717, 1.165) is 19.3 Å². The van der Waals surface area contributed by atoms with E-state index in [9.17, 15) is 10.2 Å². The van der Waals surface area contributed by atoms with E-state index in [1.807, 2.05) is 0 Å². The van der Waals surface area contributed by atoms with E-state index < -0.39 is 6.10 Å². The topological polar surface area (TPSA) is 40.5 Å². The Morgan fingerprint density at radius 3 is 2.11 bits per heavy atom. The van der Waals surface area contributed by atoms with Gasteiger partial charge in [0.2, 0.25) is 0 Å². The summed E-state index contributed by atoms with van der Waals surface area (Å²) in [7, 11) is 0. The lowest BCUT2D eigenvalue weighted by Gasteiger charge is -2.24. The van der Waals surface area contributed by atoms with Crippen molar-refractivity contribution >= 4 is 0 Å². The van der Waals surface area contributed by atoms with E-state index in [-0.39, 0.29) is 0 Å². The van der Waals surface area contributed by atoms with Gasteiger partial charge in [0, 0.05) is 5.92 Å². The van der Waals surface area contributed by atoms with Crippen molar-refractivity contribution in [1.29, 1.82) is 0 Å². The minimum Gasteiger partial charge on any atom is -0.512 e. The highest BCUT2D eigenvalue weighted by Gasteiger charge is 2.20. The van der Waals surface area contributed by atoms with Crippen LogP contribution in [0, 0.1) is 11.8 Å². The summed E-state index contributed by atoms with van der Waals surface area (Å²) in [5, 5.41) is 20.1. The molecule has 2 nitrogen and oxygen atoms in total. The van der Waals surface area contributed by atoms with Crippen LogP contribution in [0.3, 0.4) is 0 Å². The van der Waals surface area contributed by atoms with Crippen LogP contribution in [0.2, 0.25) is 0 Å². The molecule has 0 aromatic carbocycles. The van der Waals surface area contributed by atoms with Crippen LogP contribution in [-0.4, -0.2) is 16.3 Å².